The van der Waals surface area contributed by atoms with E-state index < -0.39 is 5.41 Å². The molecule has 0 radical (unpaired) electrons. The van der Waals surface area contributed by atoms with Crippen molar-refractivity contribution < 1.29 is 14.4 Å². The molecule has 0 aliphatic carbocycles. The molecule has 3 heterocycles. The first kappa shape index (κ1) is 18.1. The molecular weight excluding hydrogens is 336 g/mol. The van der Waals surface area contributed by atoms with Crippen LogP contribution in [-0.2, 0) is 4.79 Å². The third-order valence-electron chi connectivity index (χ3n) is 4.71. The summed E-state index contributed by atoms with van der Waals surface area (Å²) in [7, 11) is 0. The van der Waals surface area contributed by atoms with E-state index in [9.17, 15) is 14.4 Å². The first-order chi connectivity index (χ1) is 12.4. The molecule has 0 saturated carbocycles. The molecular formula is C17H24N6O3. The van der Waals surface area contributed by atoms with Gasteiger partial charge in [0, 0.05) is 50.6 Å². The Balaban J connectivity index is 1.82. The lowest BCUT2D eigenvalue weighted by molar-refractivity contribution is -0.119. The number of nitrogens with zero attached hydrogens (tertiary/aromatic N) is 4. The molecule has 26 heavy (non-hydrogen) atoms. The van der Waals surface area contributed by atoms with Crippen molar-refractivity contribution >= 4 is 17.8 Å². The van der Waals surface area contributed by atoms with E-state index in [0.717, 1.165) is 0 Å². The summed E-state index contributed by atoms with van der Waals surface area (Å²) < 4.78 is 0. The molecule has 3 rings (SSSR count). The van der Waals surface area contributed by atoms with E-state index in [-0.39, 0.29) is 23.9 Å². The summed E-state index contributed by atoms with van der Waals surface area (Å²) in [5, 5.41) is 13.2. The molecule has 9 heteroatoms. The average molecular weight is 360 g/mol. The highest BCUT2D eigenvalue weighted by Crippen LogP contribution is 2.31. The minimum Gasteiger partial charge on any atom is -0.355 e. The monoisotopic (exact) mass is 360 g/mol. The van der Waals surface area contributed by atoms with Gasteiger partial charge in [-0.15, -0.1) is 0 Å². The van der Waals surface area contributed by atoms with Gasteiger partial charge in [0.25, 0.3) is 5.91 Å². The SMILES string of the molecule is CC(C)NC(=O)N1CCN(C(=O)c2ccnnc2)C[C@]2(CNC(=O)C2)C1. The van der Waals surface area contributed by atoms with Crippen LogP contribution in [-0.4, -0.2) is 76.6 Å². The molecule has 2 fully saturated rings. The number of aromatic nitrogens is 2. The molecule has 0 bridgehead atoms. The zero-order valence-electron chi connectivity index (χ0n) is 15.1. The number of rotatable bonds is 2. The molecule has 2 aliphatic rings. The Kier molecular flexibility index (Phi) is 5.06. The van der Waals surface area contributed by atoms with E-state index in [1.807, 2.05) is 13.8 Å². The lowest BCUT2D eigenvalue weighted by Gasteiger charge is -2.32. The minimum absolute atomic E-state index is 0.0191. The van der Waals surface area contributed by atoms with Crippen molar-refractivity contribution in [3.8, 4) is 0 Å². The minimum atomic E-state index is -0.474. The molecule has 2 aliphatic heterocycles. The van der Waals surface area contributed by atoms with Gasteiger partial charge in [-0.05, 0) is 19.9 Å². The normalized spacial score (nSPS) is 23.1. The third-order valence-corrected chi connectivity index (χ3v) is 4.71. The number of hydrogen-bond acceptors (Lipinski definition) is 5. The van der Waals surface area contributed by atoms with Gasteiger partial charge in [0.05, 0.1) is 18.0 Å². The van der Waals surface area contributed by atoms with Gasteiger partial charge in [-0.2, -0.15) is 10.2 Å². The van der Waals surface area contributed by atoms with Crippen LogP contribution in [0.3, 0.4) is 0 Å². The zero-order chi connectivity index (χ0) is 18.7. The lowest BCUT2D eigenvalue weighted by atomic mass is 9.86. The van der Waals surface area contributed by atoms with Gasteiger partial charge in [-0.1, -0.05) is 0 Å². The van der Waals surface area contributed by atoms with Crippen LogP contribution in [0, 0.1) is 5.41 Å². The van der Waals surface area contributed by atoms with Crippen LogP contribution in [0.1, 0.15) is 30.6 Å². The predicted octanol–water partition coefficient (Wildman–Crippen LogP) is -0.141. The third kappa shape index (κ3) is 3.92. The predicted molar refractivity (Wildman–Crippen MR) is 93.2 cm³/mol. The Morgan fingerprint density at radius 2 is 1.96 bits per heavy atom. The zero-order valence-corrected chi connectivity index (χ0v) is 15.1. The molecule has 1 aromatic rings. The van der Waals surface area contributed by atoms with E-state index in [4.69, 9.17) is 0 Å². The van der Waals surface area contributed by atoms with Crippen molar-refractivity contribution in [1.82, 2.24) is 30.6 Å². The number of nitrogens with one attached hydrogen (secondary N) is 2. The maximum Gasteiger partial charge on any atom is 0.317 e. The van der Waals surface area contributed by atoms with Gasteiger partial charge in [-0.25, -0.2) is 4.79 Å². The Hall–Kier alpha value is -2.71. The van der Waals surface area contributed by atoms with E-state index >= 15 is 0 Å². The van der Waals surface area contributed by atoms with Gasteiger partial charge in [0.15, 0.2) is 0 Å². The molecule has 0 aromatic carbocycles. The highest BCUT2D eigenvalue weighted by Gasteiger charge is 2.45. The van der Waals surface area contributed by atoms with Crippen LogP contribution in [0.25, 0.3) is 0 Å². The van der Waals surface area contributed by atoms with Crippen molar-refractivity contribution in [2.45, 2.75) is 26.3 Å². The van der Waals surface area contributed by atoms with Crippen LogP contribution >= 0.6 is 0 Å². The smallest absolute Gasteiger partial charge is 0.317 e. The fraction of sp³-hybridized carbons (Fsp3) is 0.588. The second-order valence-corrected chi connectivity index (χ2v) is 7.34. The Morgan fingerprint density at radius 3 is 2.58 bits per heavy atom. The van der Waals surface area contributed by atoms with Crippen LogP contribution < -0.4 is 10.6 Å². The van der Waals surface area contributed by atoms with Crippen LogP contribution in [0.5, 0.6) is 0 Å². The topological polar surface area (TPSA) is 108 Å². The first-order valence-electron chi connectivity index (χ1n) is 8.77. The highest BCUT2D eigenvalue weighted by atomic mass is 16.2. The second kappa shape index (κ2) is 7.27. The van der Waals surface area contributed by atoms with Crippen LogP contribution in [0.4, 0.5) is 4.79 Å². The standard InChI is InChI=1S/C17H24N6O3/c1-12(2)21-16(26)23-6-5-22(15(25)13-3-4-19-20-8-13)10-17(11-23)7-14(24)18-9-17/h3-4,8,12H,5-7,9-11H2,1-2H3,(H,18,24)(H,21,26)/t17-/m0/s1. The van der Waals surface area contributed by atoms with Gasteiger partial charge >= 0.3 is 6.03 Å². The Morgan fingerprint density at radius 1 is 1.23 bits per heavy atom. The lowest BCUT2D eigenvalue weighted by Crippen LogP contribution is -2.48. The molecule has 140 valence electrons. The molecule has 1 spiro atoms. The maximum absolute atomic E-state index is 12.9. The first-order valence-corrected chi connectivity index (χ1v) is 8.77. The van der Waals surface area contributed by atoms with E-state index in [0.29, 0.717) is 44.7 Å². The largest absolute Gasteiger partial charge is 0.355 e. The molecule has 1 aromatic heterocycles. The van der Waals surface area contributed by atoms with Crippen molar-refractivity contribution in [3.63, 3.8) is 0 Å². The molecule has 0 unspecified atom stereocenters. The van der Waals surface area contributed by atoms with E-state index in [1.165, 1.54) is 12.4 Å². The number of amides is 4. The van der Waals surface area contributed by atoms with Crippen molar-refractivity contribution in [2.75, 3.05) is 32.7 Å². The van der Waals surface area contributed by atoms with E-state index in [1.54, 1.807) is 15.9 Å². The Labute approximate surface area is 152 Å². The summed E-state index contributed by atoms with van der Waals surface area (Å²) in [6.45, 7) is 5.93. The number of urea groups is 1. The second-order valence-electron chi connectivity index (χ2n) is 7.34. The van der Waals surface area contributed by atoms with E-state index in [2.05, 4.69) is 20.8 Å². The maximum atomic E-state index is 12.9. The van der Waals surface area contributed by atoms with Gasteiger partial charge < -0.3 is 20.4 Å². The fourth-order valence-corrected chi connectivity index (χ4v) is 3.52. The molecule has 4 amide bonds. The summed E-state index contributed by atoms with van der Waals surface area (Å²) >= 11 is 0. The van der Waals surface area contributed by atoms with Gasteiger partial charge in [0.1, 0.15) is 0 Å². The number of hydrogen-bond donors (Lipinski definition) is 2. The molecule has 2 N–H and O–H groups in total. The summed E-state index contributed by atoms with van der Waals surface area (Å²) in [6, 6.07) is 1.47. The van der Waals surface area contributed by atoms with Crippen molar-refractivity contribution in [3.05, 3.63) is 24.0 Å². The number of carbonyl (C=O) groups excluding carboxylic acids is 3. The summed E-state index contributed by atoms with van der Waals surface area (Å²) in [5.74, 6) is -0.209. The quantitative estimate of drug-likeness (QED) is 0.763. The van der Waals surface area contributed by atoms with Crippen molar-refractivity contribution in [2.24, 2.45) is 5.41 Å². The highest BCUT2D eigenvalue weighted by molar-refractivity contribution is 5.94. The van der Waals surface area contributed by atoms with Crippen LogP contribution in [0.15, 0.2) is 18.5 Å². The molecule has 1 atom stereocenters. The number of carbonyl (C=O) groups is 3. The molecule has 2 saturated heterocycles. The molecule has 9 nitrogen and oxygen atoms in total. The summed E-state index contributed by atoms with van der Waals surface area (Å²) in [6.07, 6.45) is 3.21. The average Bonchev–Trinajstić information content (AvgIpc) is 2.86. The van der Waals surface area contributed by atoms with Crippen LogP contribution in [0.2, 0.25) is 0 Å². The fourth-order valence-electron chi connectivity index (χ4n) is 3.52. The summed E-state index contributed by atoms with van der Waals surface area (Å²) in [5.41, 5.74) is -0.0228. The van der Waals surface area contributed by atoms with Crippen molar-refractivity contribution in [1.29, 1.82) is 0 Å². The Bertz CT molecular complexity index is 695. The van der Waals surface area contributed by atoms with Gasteiger partial charge in [0.2, 0.25) is 5.91 Å². The van der Waals surface area contributed by atoms with Gasteiger partial charge in [-0.3, -0.25) is 9.59 Å². The summed E-state index contributed by atoms with van der Waals surface area (Å²) in [4.78, 5) is 40.7.